The highest BCUT2D eigenvalue weighted by Crippen LogP contribution is 2.60. The summed E-state index contributed by atoms with van der Waals surface area (Å²) in [4.78, 5) is 0.333. The highest BCUT2D eigenvalue weighted by atomic mass is 32.2. The number of hydrogen-bond acceptors (Lipinski definition) is 2. The molecule has 114 valence electrons. The molecule has 21 heavy (non-hydrogen) atoms. The van der Waals surface area contributed by atoms with E-state index in [0.29, 0.717) is 16.7 Å². The molecule has 0 unspecified atom stereocenters. The fourth-order valence-electron chi connectivity index (χ4n) is 3.82. The molecule has 3 aliphatic rings. The van der Waals surface area contributed by atoms with Gasteiger partial charge in [-0.2, -0.15) is 0 Å². The third-order valence-corrected chi connectivity index (χ3v) is 7.00. The molecule has 3 atom stereocenters. The zero-order valence-corrected chi connectivity index (χ0v) is 13.7. The molecule has 1 N–H and O–H groups in total. The molecule has 0 saturated heterocycles. The van der Waals surface area contributed by atoms with E-state index in [1.165, 1.54) is 0 Å². The summed E-state index contributed by atoms with van der Waals surface area (Å²) in [6, 6.07) is 6.85. The highest BCUT2D eigenvalue weighted by Gasteiger charge is 2.55. The summed E-state index contributed by atoms with van der Waals surface area (Å²) >= 11 is 0. The van der Waals surface area contributed by atoms with E-state index in [2.05, 4.69) is 25.1 Å². The van der Waals surface area contributed by atoms with Gasteiger partial charge in [0, 0.05) is 6.04 Å². The van der Waals surface area contributed by atoms with Crippen molar-refractivity contribution in [2.45, 2.75) is 44.6 Å². The average molecular weight is 305 g/mol. The highest BCUT2D eigenvalue weighted by molar-refractivity contribution is 7.89. The van der Waals surface area contributed by atoms with E-state index in [1.54, 1.807) is 12.1 Å². The Labute approximate surface area is 127 Å². The predicted molar refractivity (Wildman–Crippen MR) is 84.4 cm³/mol. The molecule has 1 aromatic carbocycles. The lowest BCUT2D eigenvalue weighted by atomic mass is 9.46. The van der Waals surface area contributed by atoms with Gasteiger partial charge in [0.1, 0.15) is 0 Å². The van der Waals surface area contributed by atoms with E-state index < -0.39 is 10.0 Å². The zero-order chi connectivity index (χ0) is 15.4. The Kier molecular flexibility index (Phi) is 3.30. The minimum Gasteiger partial charge on any atom is -0.207 e. The van der Waals surface area contributed by atoms with E-state index in [-0.39, 0.29) is 11.5 Å². The first kappa shape index (κ1) is 14.8. The van der Waals surface area contributed by atoms with Crippen LogP contribution >= 0.6 is 0 Å². The van der Waals surface area contributed by atoms with E-state index in [4.69, 9.17) is 0 Å². The van der Waals surface area contributed by atoms with Gasteiger partial charge in [-0.25, -0.2) is 13.1 Å². The monoisotopic (exact) mass is 305 g/mol. The van der Waals surface area contributed by atoms with Gasteiger partial charge >= 0.3 is 0 Å². The van der Waals surface area contributed by atoms with Crippen molar-refractivity contribution in [2.24, 2.45) is 17.3 Å². The lowest BCUT2D eigenvalue weighted by molar-refractivity contribution is -0.0356. The quantitative estimate of drug-likeness (QED) is 0.871. The summed E-state index contributed by atoms with van der Waals surface area (Å²) in [6.07, 6.45) is 2.03. The molecule has 0 aliphatic heterocycles. The van der Waals surface area contributed by atoms with Crippen molar-refractivity contribution >= 4 is 10.0 Å². The second-order valence-corrected chi connectivity index (χ2v) is 8.82. The van der Waals surface area contributed by atoms with E-state index in [0.717, 1.165) is 24.0 Å². The molecule has 4 heteroatoms. The molecule has 3 nitrogen and oxygen atoms in total. The Morgan fingerprint density at radius 2 is 1.81 bits per heavy atom. The van der Waals surface area contributed by atoms with Gasteiger partial charge in [0.2, 0.25) is 10.0 Å². The van der Waals surface area contributed by atoms with Crippen LogP contribution in [0.25, 0.3) is 0 Å². The van der Waals surface area contributed by atoms with Crippen molar-refractivity contribution in [2.75, 3.05) is 0 Å². The van der Waals surface area contributed by atoms with Crippen LogP contribution in [-0.2, 0) is 10.0 Å². The number of rotatable bonds is 3. The molecule has 4 rings (SSSR count). The first-order chi connectivity index (χ1) is 9.72. The molecule has 3 aliphatic carbocycles. The van der Waals surface area contributed by atoms with Crippen LogP contribution in [0.1, 0.15) is 32.3 Å². The second kappa shape index (κ2) is 4.68. The molecule has 0 radical (unpaired) electrons. The third kappa shape index (κ3) is 2.34. The van der Waals surface area contributed by atoms with Gasteiger partial charge in [-0.3, -0.25) is 0 Å². The fraction of sp³-hybridized carbons (Fsp3) is 0.529. The van der Waals surface area contributed by atoms with E-state index in [1.807, 2.05) is 19.1 Å². The van der Waals surface area contributed by atoms with Crippen LogP contribution in [0.5, 0.6) is 0 Å². The standard InChI is InChI=1S/C17H23NO2S/c1-11-5-7-14(8-6-11)21(19,20)18-16-10-13-9-15(12(16)2)17(13,3)4/h5-8,13,15-16,18H,2,9-10H2,1,3-4H3/t13-,15+,16+/m1/s1. The van der Waals surface area contributed by atoms with Crippen molar-refractivity contribution in [3.8, 4) is 0 Å². The maximum absolute atomic E-state index is 12.5. The van der Waals surface area contributed by atoms with Crippen LogP contribution in [0.2, 0.25) is 0 Å². The van der Waals surface area contributed by atoms with Crippen LogP contribution in [0.4, 0.5) is 0 Å². The van der Waals surface area contributed by atoms with Crippen LogP contribution in [0, 0.1) is 24.2 Å². The number of nitrogens with one attached hydrogen (secondary N) is 1. The minimum atomic E-state index is -3.46. The topological polar surface area (TPSA) is 46.2 Å². The normalized spacial score (nSPS) is 30.8. The molecule has 0 heterocycles. The van der Waals surface area contributed by atoms with Crippen LogP contribution < -0.4 is 4.72 Å². The summed E-state index contributed by atoms with van der Waals surface area (Å²) in [5.41, 5.74) is 2.39. The molecule has 2 bridgehead atoms. The van der Waals surface area contributed by atoms with Gasteiger partial charge in [-0.15, -0.1) is 0 Å². The smallest absolute Gasteiger partial charge is 0.207 e. The van der Waals surface area contributed by atoms with E-state index >= 15 is 0 Å². The summed E-state index contributed by atoms with van der Waals surface area (Å²) < 4.78 is 27.8. The van der Waals surface area contributed by atoms with Gasteiger partial charge in [-0.1, -0.05) is 43.7 Å². The molecular weight excluding hydrogens is 282 g/mol. The maximum atomic E-state index is 12.5. The van der Waals surface area contributed by atoms with Gasteiger partial charge in [0.05, 0.1) is 4.90 Å². The number of hydrogen-bond donors (Lipinski definition) is 1. The molecule has 1 aromatic rings. The zero-order valence-electron chi connectivity index (χ0n) is 12.9. The molecule has 0 spiro atoms. The van der Waals surface area contributed by atoms with Crippen LogP contribution in [0.3, 0.4) is 0 Å². The molecular formula is C17H23NO2S. The number of benzene rings is 1. The second-order valence-electron chi connectivity index (χ2n) is 7.10. The van der Waals surface area contributed by atoms with Crippen LogP contribution in [0.15, 0.2) is 41.3 Å². The van der Waals surface area contributed by atoms with Gasteiger partial charge in [-0.05, 0) is 49.1 Å². The first-order valence-corrected chi connectivity index (χ1v) is 8.98. The first-order valence-electron chi connectivity index (χ1n) is 7.49. The Hall–Kier alpha value is -1.13. The third-order valence-electron chi connectivity index (χ3n) is 5.51. The maximum Gasteiger partial charge on any atom is 0.241 e. The van der Waals surface area contributed by atoms with Crippen LogP contribution in [-0.4, -0.2) is 14.5 Å². The summed E-state index contributed by atoms with van der Waals surface area (Å²) in [6.45, 7) is 10.7. The van der Waals surface area contributed by atoms with Crippen molar-refractivity contribution < 1.29 is 8.42 Å². The Balaban J connectivity index is 1.78. The van der Waals surface area contributed by atoms with Crippen molar-refractivity contribution in [3.63, 3.8) is 0 Å². The number of sulfonamides is 1. The van der Waals surface area contributed by atoms with Crippen molar-refractivity contribution in [3.05, 3.63) is 42.0 Å². The number of fused-ring (bicyclic) bond motifs is 2. The largest absolute Gasteiger partial charge is 0.241 e. The van der Waals surface area contributed by atoms with E-state index in [9.17, 15) is 8.42 Å². The lowest BCUT2D eigenvalue weighted by Gasteiger charge is -2.59. The average Bonchev–Trinajstić information content (AvgIpc) is 2.40. The van der Waals surface area contributed by atoms with Gasteiger partial charge < -0.3 is 0 Å². The fourth-order valence-corrected chi connectivity index (χ4v) is 5.07. The minimum absolute atomic E-state index is 0.118. The molecule has 0 amide bonds. The summed E-state index contributed by atoms with van der Waals surface area (Å²) in [7, 11) is -3.46. The number of aryl methyl sites for hydroxylation is 1. The summed E-state index contributed by atoms with van der Waals surface area (Å²) in [5.74, 6) is 1.04. The Morgan fingerprint density at radius 1 is 1.19 bits per heavy atom. The van der Waals surface area contributed by atoms with Gasteiger partial charge in [0.15, 0.2) is 0 Å². The Bertz CT molecular complexity index is 673. The summed E-state index contributed by atoms with van der Waals surface area (Å²) in [5, 5.41) is 0. The predicted octanol–water partition coefficient (Wildman–Crippen LogP) is 3.26. The van der Waals surface area contributed by atoms with Gasteiger partial charge in [0.25, 0.3) is 0 Å². The van der Waals surface area contributed by atoms with Crippen molar-refractivity contribution in [1.29, 1.82) is 0 Å². The SMILES string of the molecule is C=C1[C@@H](NS(=O)(=O)c2ccc(C)cc2)C[C@H]2C[C@@H]1C2(C)C. The van der Waals surface area contributed by atoms with Crippen molar-refractivity contribution in [1.82, 2.24) is 4.72 Å². The molecule has 3 saturated carbocycles. The molecule has 0 aromatic heterocycles. The Morgan fingerprint density at radius 3 is 2.33 bits per heavy atom. The molecule has 3 fully saturated rings. The lowest BCUT2D eigenvalue weighted by Crippen LogP contribution is -2.57.